The Hall–Kier alpha value is -1.42. The normalized spacial score (nSPS) is 10.6. The molecule has 1 amide bonds. The summed E-state index contributed by atoms with van der Waals surface area (Å²) in [5.74, 6) is 0.589. The molecular weight excluding hydrogens is 208 g/mol. The molecule has 0 unspecified atom stereocenters. The Bertz CT molecular complexity index is 531. The topological polar surface area (TPSA) is 42.0 Å². The molecule has 1 N–H and O–H groups in total. The van der Waals surface area contributed by atoms with Crippen molar-refractivity contribution in [3.8, 4) is 0 Å². The van der Waals surface area contributed by atoms with Gasteiger partial charge in [-0.25, -0.2) is 0 Å². The molecule has 0 saturated heterocycles. The second-order valence-electron chi connectivity index (χ2n) is 3.64. The molecule has 2 aromatic rings. The summed E-state index contributed by atoms with van der Waals surface area (Å²) < 4.78 is 5.34. The van der Waals surface area contributed by atoms with E-state index in [0.29, 0.717) is 5.82 Å². The highest BCUT2D eigenvalue weighted by molar-refractivity contribution is 7.13. The van der Waals surface area contributed by atoms with Crippen molar-refractivity contribution in [1.29, 1.82) is 0 Å². The minimum atomic E-state index is -0.0829. The lowest BCUT2D eigenvalue weighted by atomic mass is 10.1. The van der Waals surface area contributed by atoms with E-state index in [4.69, 9.17) is 0 Å². The van der Waals surface area contributed by atoms with Crippen molar-refractivity contribution < 1.29 is 4.79 Å². The van der Waals surface area contributed by atoms with Crippen LogP contribution in [0.3, 0.4) is 0 Å². The molecule has 4 heteroatoms. The molecule has 1 aromatic heterocycles. The van der Waals surface area contributed by atoms with E-state index in [-0.39, 0.29) is 5.91 Å². The van der Waals surface area contributed by atoms with Gasteiger partial charge in [0.1, 0.15) is 0 Å². The van der Waals surface area contributed by atoms with Gasteiger partial charge in [-0.05, 0) is 48.6 Å². The molecule has 0 radical (unpaired) electrons. The molecule has 0 bridgehead atoms. The molecule has 2 rings (SSSR count). The molecule has 1 heterocycles. The van der Waals surface area contributed by atoms with E-state index >= 15 is 0 Å². The van der Waals surface area contributed by atoms with E-state index in [1.54, 1.807) is 0 Å². The van der Waals surface area contributed by atoms with Gasteiger partial charge in [0.15, 0.2) is 5.82 Å². The number of hydrogen-bond acceptors (Lipinski definition) is 3. The van der Waals surface area contributed by atoms with Crippen molar-refractivity contribution in [1.82, 2.24) is 4.37 Å². The summed E-state index contributed by atoms with van der Waals surface area (Å²) in [5.41, 5.74) is 2.47. The SMILES string of the molecule is CC(=O)Nc1nsc2cc(C)c(C)cc12. The smallest absolute Gasteiger partial charge is 0.222 e. The molecule has 0 spiro atoms. The van der Waals surface area contributed by atoms with Gasteiger partial charge in [-0.15, -0.1) is 0 Å². The zero-order valence-electron chi connectivity index (χ0n) is 8.92. The Morgan fingerprint density at radius 3 is 2.67 bits per heavy atom. The van der Waals surface area contributed by atoms with E-state index in [1.165, 1.54) is 29.6 Å². The molecule has 0 fully saturated rings. The number of rotatable bonds is 1. The average Bonchev–Trinajstić information content (AvgIpc) is 2.49. The van der Waals surface area contributed by atoms with Crippen LogP contribution < -0.4 is 5.32 Å². The van der Waals surface area contributed by atoms with Gasteiger partial charge < -0.3 is 5.32 Å². The molecule has 0 aliphatic heterocycles. The van der Waals surface area contributed by atoms with E-state index in [1.807, 2.05) is 0 Å². The summed E-state index contributed by atoms with van der Waals surface area (Å²) in [5, 5.41) is 3.76. The lowest BCUT2D eigenvalue weighted by molar-refractivity contribution is -0.114. The molecule has 0 aliphatic rings. The first-order chi connectivity index (χ1) is 7.08. The minimum absolute atomic E-state index is 0.0829. The summed E-state index contributed by atoms with van der Waals surface area (Å²) >= 11 is 1.41. The van der Waals surface area contributed by atoms with Crippen LogP contribution in [0, 0.1) is 13.8 Å². The van der Waals surface area contributed by atoms with Crippen LogP contribution in [0.2, 0.25) is 0 Å². The Balaban J connectivity index is 2.59. The fraction of sp³-hybridized carbons (Fsp3) is 0.273. The maximum absolute atomic E-state index is 11.0. The second kappa shape index (κ2) is 3.62. The quantitative estimate of drug-likeness (QED) is 0.803. The fourth-order valence-corrected chi connectivity index (χ4v) is 2.27. The highest BCUT2D eigenvalue weighted by atomic mass is 32.1. The van der Waals surface area contributed by atoms with Crippen LogP contribution >= 0.6 is 11.5 Å². The van der Waals surface area contributed by atoms with E-state index in [2.05, 4.69) is 35.7 Å². The summed E-state index contributed by atoms with van der Waals surface area (Å²) in [6.45, 7) is 5.63. The maximum Gasteiger partial charge on any atom is 0.222 e. The number of anilines is 1. The molecular formula is C11H12N2OS. The third-order valence-corrected chi connectivity index (χ3v) is 3.19. The van der Waals surface area contributed by atoms with Crippen molar-refractivity contribution in [2.24, 2.45) is 0 Å². The van der Waals surface area contributed by atoms with E-state index < -0.39 is 0 Å². The number of nitrogens with one attached hydrogen (secondary N) is 1. The van der Waals surface area contributed by atoms with Crippen LogP contribution in [0.25, 0.3) is 10.1 Å². The molecule has 15 heavy (non-hydrogen) atoms. The zero-order valence-corrected chi connectivity index (χ0v) is 9.73. The van der Waals surface area contributed by atoms with Gasteiger partial charge >= 0.3 is 0 Å². The number of hydrogen-bond donors (Lipinski definition) is 1. The van der Waals surface area contributed by atoms with Crippen molar-refractivity contribution in [2.45, 2.75) is 20.8 Å². The monoisotopic (exact) mass is 220 g/mol. The molecule has 0 atom stereocenters. The first kappa shape index (κ1) is 10.1. The molecule has 1 aromatic carbocycles. The van der Waals surface area contributed by atoms with Gasteiger partial charge in [-0.3, -0.25) is 4.79 Å². The highest BCUT2D eigenvalue weighted by Crippen LogP contribution is 2.29. The van der Waals surface area contributed by atoms with E-state index in [9.17, 15) is 4.79 Å². The molecule has 0 saturated carbocycles. The van der Waals surface area contributed by atoms with Gasteiger partial charge in [0.25, 0.3) is 0 Å². The zero-order chi connectivity index (χ0) is 11.0. The molecule has 78 valence electrons. The van der Waals surface area contributed by atoms with Crippen LogP contribution in [0.5, 0.6) is 0 Å². The standard InChI is InChI=1S/C11H12N2OS/c1-6-4-9-10(5-7(6)2)15-13-11(9)12-8(3)14/h4-5H,1-3H3,(H,12,13,14). The largest absolute Gasteiger partial charge is 0.310 e. The van der Waals surface area contributed by atoms with Gasteiger partial charge in [-0.1, -0.05) is 0 Å². The van der Waals surface area contributed by atoms with Crippen LogP contribution in [-0.4, -0.2) is 10.3 Å². The van der Waals surface area contributed by atoms with Crippen LogP contribution in [0.4, 0.5) is 5.82 Å². The van der Waals surface area contributed by atoms with Crippen molar-refractivity contribution in [3.63, 3.8) is 0 Å². The lowest BCUT2D eigenvalue weighted by Crippen LogP contribution is -2.05. The third-order valence-electron chi connectivity index (χ3n) is 2.38. The number of benzene rings is 1. The highest BCUT2D eigenvalue weighted by Gasteiger charge is 2.08. The Morgan fingerprint density at radius 1 is 1.33 bits per heavy atom. The predicted octanol–water partition coefficient (Wildman–Crippen LogP) is 2.87. The van der Waals surface area contributed by atoms with Crippen molar-refractivity contribution in [3.05, 3.63) is 23.3 Å². The molecule has 0 aliphatic carbocycles. The predicted molar refractivity (Wildman–Crippen MR) is 63.4 cm³/mol. The summed E-state index contributed by atoms with van der Waals surface area (Å²) in [4.78, 5) is 11.0. The average molecular weight is 220 g/mol. The lowest BCUT2D eigenvalue weighted by Gasteiger charge is -2.01. The first-order valence-electron chi connectivity index (χ1n) is 4.72. The Kier molecular flexibility index (Phi) is 2.44. The van der Waals surface area contributed by atoms with Crippen LogP contribution in [-0.2, 0) is 4.79 Å². The van der Waals surface area contributed by atoms with Gasteiger partial charge in [0.2, 0.25) is 5.91 Å². The fourth-order valence-electron chi connectivity index (χ4n) is 1.45. The van der Waals surface area contributed by atoms with Gasteiger partial charge in [0, 0.05) is 12.3 Å². The first-order valence-corrected chi connectivity index (χ1v) is 5.49. The van der Waals surface area contributed by atoms with Crippen LogP contribution in [0.15, 0.2) is 12.1 Å². The number of aryl methyl sites for hydroxylation is 2. The van der Waals surface area contributed by atoms with Gasteiger partial charge in [-0.2, -0.15) is 4.37 Å². The number of carbonyl (C=O) groups is 1. The van der Waals surface area contributed by atoms with Crippen LogP contribution in [0.1, 0.15) is 18.1 Å². The number of amides is 1. The summed E-state index contributed by atoms with van der Waals surface area (Å²) in [7, 11) is 0. The van der Waals surface area contributed by atoms with Crippen molar-refractivity contribution >= 4 is 33.3 Å². The maximum atomic E-state index is 11.0. The number of fused-ring (bicyclic) bond motifs is 1. The van der Waals surface area contributed by atoms with Crippen molar-refractivity contribution in [2.75, 3.05) is 5.32 Å². The summed E-state index contributed by atoms with van der Waals surface area (Å²) in [6, 6.07) is 4.17. The molecule has 3 nitrogen and oxygen atoms in total. The van der Waals surface area contributed by atoms with E-state index in [0.717, 1.165) is 10.1 Å². The second-order valence-corrected chi connectivity index (χ2v) is 4.45. The Labute approximate surface area is 92.3 Å². The third kappa shape index (κ3) is 1.85. The number of nitrogens with zero attached hydrogens (tertiary/aromatic N) is 1. The Morgan fingerprint density at radius 2 is 2.00 bits per heavy atom. The number of carbonyl (C=O) groups excluding carboxylic acids is 1. The van der Waals surface area contributed by atoms with Gasteiger partial charge in [0.05, 0.1) is 4.70 Å². The summed E-state index contributed by atoms with van der Waals surface area (Å²) in [6.07, 6.45) is 0. The minimum Gasteiger partial charge on any atom is -0.310 e. The number of aromatic nitrogens is 1.